The summed E-state index contributed by atoms with van der Waals surface area (Å²) < 4.78 is 10.9. The zero-order chi connectivity index (χ0) is 18.5. The van der Waals surface area contributed by atoms with Crippen LogP contribution in [0.25, 0.3) is 0 Å². The highest BCUT2D eigenvalue weighted by Gasteiger charge is 2.22. The first-order valence-corrected chi connectivity index (χ1v) is 8.72. The highest BCUT2D eigenvalue weighted by Crippen LogP contribution is 2.31. The van der Waals surface area contributed by atoms with E-state index in [9.17, 15) is 9.59 Å². The van der Waals surface area contributed by atoms with Gasteiger partial charge in [-0.3, -0.25) is 9.59 Å². The number of halogens is 2. The van der Waals surface area contributed by atoms with Crippen molar-refractivity contribution in [2.75, 3.05) is 25.1 Å². The van der Waals surface area contributed by atoms with Crippen LogP contribution in [-0.2, 0) is 4.79 Å². The van der Waals surface area contributed by atoms with E-state index in [2.05, 4.69) is 10.6 Å². The summed E-state index contributed by atoms with van der Waals surface area (Å²) in [5, 5.41) is 6.46. The summed E-state index contributed by atoms with van der Waals surface area (Å²) in [7, 11) is 0. The molecule has 0 saturated heterocycles. The molecular weight excluding hydrogens is 379 g/mol. The molecule has 2 aromatic rings. The fraction of sp³-hybridized carbons (Fsp3) is 0.222. The summed E-state index contributed by atoms with van der Waals surface area (Å²) in [6.07, 6.45) is 0.595. The second kappa shape index (κ2) is 8.29. The zero-order valence-electron chi connectivity index (χ0n) is 13.7. The molecule has 0 bridgehead atoms. The fourth-order valence-corrected chi connectivity index (χ4v) is 2.90. The molecule has 1 aliphatic heterocycles. The standard InChI is InChI=1S/C18H16Cl2N2O4/c19-11-5-6-15(13(20)9-11)25-8-2-7-21-18(24)12-3-1-4-14-17(12)26-10-16(23)22-14/h1,3-6,9H,2,7-8,10H2,(H,21,24)(H,22,23). The van der Waals surface area contributed by atoms with E-state index < -0.39 is 0 Å². The number of fused-ring (bicyclic) bond motifs is 1. The summed E-state index contributed by atoms with van der Waals surface area (Å²) in [6, 6.07) is 10.0. The van der Waals surface area contributed by atoms with E-state index in [1.807, 2.05) is 0 Å². The Morgan fingerprint density at radius 3 is 2.92 bits per heavy atom. The van der Waals surface area contributed by atoms with Gasteiger partial charge in [-0.15, -0.1) is 0 Å². The number of carbonyl (C=O) groups excluding carboxylic acids is 2. The molecule has 2 N–H and O–H groups in total. The molecular formula is C18H16Cl2N2O4. The van der Waals surface area contributed by atoms with Gasteiger partial charge in [0.2, 0.25) is 0 Å². The molecule has 0 saturated carbocycles. The quantitative estimate of drug-likeness (QED) is 0.734. The Morgan fingerprint density at radius 1 is 1.27 bits per heavy atom. The molecule has 6 nitrogen and oxygen atoms in total. The predicted octanol–water partition coefficient (Wildman–Crippen LogP) is 3.52. The van der Waals surface area contributed by atoms with Crippen molar-refractivity contribution < 1.29 is 19.1 Å². The predicted molar refractivity (Wildman–Crippen MR) is 99.5 cm³/mol. The third-order valence-electron chi connectivity index (χ3n) is 3.64. The van der Waals surface area contributed by atoms with Gasteiger partial charge >= 0.3 is 0 Å². The van der Waals surface area contributed by atoms with E-state index in [0.717, 1.165) is 0 Å². The van der Waals surface area contributed by atoms with Gasteiger partial charge < -0.3 is 20.1 Å². The summed E-state index contributed by atoms with van der Waals surface area (Å²) >= 11 is 11.9. The number of hydrogen-bond donors (Lipinski definition) is 2. The van der Waals surface area contributed by atoms with Crippen molar-refractivity contribution in [3.8, 4) is 11.5 Å². The largest absolute Gasteiger partial charge is 0.492 e. The maximum atomic E-state index is 12.3. The molecule has 136 valence electrons. The Morgan fingerprint density at radius 2 is 2.12 bits per heavy atom. The van der Waals surface area contributed by atoms with E-state index in [0.29, 0.717) is 52.4 Å². The molecule has 2 aromatic carbocycles. The van der Waals surface area contributed by atoms with Gasteiger partial charge in [-0.1, -0.05) is 29.3 Å². The average Bonchev–Trinajstić information content (AvgIpc) is 2.62. The molecule has 0 radical (unpaired) electrons. The number of benzene rings is 2. The van der Waals surface area contributed by atoms with Crippen molar-refractivity contribution in [1.29, 1.82) is 0 Å². The number of para-hydroxylation sites is 1. The van der Waals surface area contributed by atoms with Crippen molar-refractivity contribution in [2.45, 2.75) is 6.42 Å². The Labute approximate surface area is 160 Å². The first kappa shape index (κ1) is 18.4. The van der Waals surface area contributed by atoms with Crippen LogP contribution in [0, 0.1) is 0 Å². The number of carbonyl (C=O) groups is 2. The molecule has 0 spiro atoms. The molecule has 0 atom stereocenters. The van der Waals surface area contributed by atoms with Gasteiger partial charge in [0.25, 0.3) is 11.8 Å². The summed E-state index contributed by atoms with van der Waals surface area (Å²) in [5.41, 5.74) is 0.874. The van der Waals surface area contributed by atoms with E-state index in [4.69, 9.17) is 32.7 Å². The van der Waals surface area contributed by atoms with E-state index in [-0.39, 0.29) is 18.4 Å². The molecule has 0 aliphatic carbocycles. The lowest BCUT2D eigenvalue weighted by Gasteiger charge is -2.20. The molecule has 1 aliphatic rings. The van der Waals surface area contributed by atoms with Crippen molar-refractivity contribution in [2.24, 2.45) is 0 Å². The smallest absolute Gasteiger partial charge is 0.262 e. The maximum absolute atomic E-state index is 12.3. The highest BCUT2D eigenvalue weighted by atomic mass is 35.5. The first-order valence-electron chi connectivity index (χ1n) is 7.96. The van der Waals surface area contributed by atoms with Gasteiger partial charge in [0.05, 0.1) is 22.9 Å². The monoisotopic (exact) mass is 394 g/mol. The number of nitrogens with one attached hydrogen (secondary N) is 2. The van der Waals surface area contributed by atoms with E-state index >= 15 is 0 Å². The average molecular weight is 395 g/mol. The molecule has 2 amide bonds. The van der Waals surface area contributed by atoms with Crippen molar-refractivity contribution in [3.05, 3.63) is 52.0 Å². The number of hydrogen-bond acceptors (Lipinski definition) is 4. The second-order valence-corrected chi connectivity index (χ2v) is 6.40. The van der Waals surface area contributed by atoms with Crippen LogP contribution in [0.5, 0.6) is 11.5 Å². The van der Waals surface area contributed by atoms with Crippen LogP contribution in [-0.4, -0.2) is 31.6 Å². The molecule has 8 heteroatoms. The van der Waals surface area contributed by atoms with Gasteiger partial charge in [-0.25, -0.2) is 0 Å². The minimum atomic E-state index is -0.275. The lowest BCUT2D eigenvalue weighted by Crippen LogP contribution is -2.30. The number of rotatable bonds is 6. The molecule has 0 unspecified atom stereocenters. The van der Waals surface area contributed by atoms with Crippen LogP contribution >= 0.6 is 23.2 Å². The van der Waals surface area contributed by atoms with Crippen LogP contribution < -0.4 is 20.1 Å². The Balaban J connectivity index is 1.49. The number of anilines is 1. The van der Waals surface area contributed by atoms with Crippen molar-refractivity contribution in [3.63, 3.8) is 0 Å². The zero-order valence-corrected chi connectivity index (χ0v) is 15.2. The van der Waals surface area contributed by atoms with Crippen LogP contribution in [0.4, 0.5) is 5.69 Å². The molecule has 1 heterocycles. The lowest BCUT2D eigenvalue weighted by atomic mass is 10.1. The Kier molecular flexibility index (Phi) is 5.85. The highest BCUT2D eigenvalue weighted by molar-refractivity contribution is 6.35. The third kappa shape index (κ3) is 4.39. The van der Waals surface area contributed by atoms with E-state index in [1.54, 1.807) is 36.4 Å². The number of amides is 2. The van der Waals surface area contributed by atoms with Crippen LogP contribution in [0.15, 0.2) is 36.4 Å². The van der Waals surface area contributed by atoms with Gasteiger partial charge in [-0.2, -0.15) is 0 Å². The fourth-order valence-electron chi connectivity index (χ4n) is 2.44. The van der Waals surface area contributed by atoms with Crippen molar-refractivity contribution >= 4 is 40.7 Å². The summed E-state index contributed by atoms with van der Waals surface area (Å²) in [4.78, 5) is 23.7. The summed E-state index contributed by atoms with van der Waals surface area (Å²) in [5.74, 6) is 0.410. The molecule has 0 fully saturated rings. The second-order valence-electron chi connectivity index (χ2n) is 5.55. The van der Waals surface area contributed by atoms with E-state index in [1.165, 1.54) is 0 Å². The minimum absolute atomic E-state index is 0.104. The summed E-state index contributed by atoms with van der Waals surface area (Å²) in [6.45, 7) is 0.703. The van der Waals surface area contributed by atoms with Gasteiger partial charge in [0.15, 0.2) is 12.4 Å². The normalized spacial score (nSPS) is 12.6. The van der Waals surface area contributed by atoms with Crippen LogP contribution in [0.3, 0.4) is 0 Å². The SMILES string of the molecule is O=C1COc2c(cccc2C(=O)NCCCOc2ccc(Cl)cc2Cl)N1. The molecule has 26 heavy (non-hydrogen) atoms. The Hall–Kier alpha value is -2.44. The van der Waals surface area contributed by atoms with Crippen LogP contribution in [0.1, 0.15) is 16.8 Å². The van der Waals surface area contributed by atoms with Crippen molar-refractivity contribution in [1.82, 2.24) is 5.32 Å². The molecule has 0 aromatic heterocycles. The first-order chi connectivity index (χ1) is 12.5. The topological polar surface area (TPSA) is 76.7 Å². The maximum Gasteiger partial charge on any atom is 0.262 e. The third-order valence-corrected chi connectivity index (χ3v) is 4.17. The minimum Gasteiger partial charge on any atom is -0.492 e. The van der Waals surface area contributed by atoms with Gasteiger partial charge in [0.1, 0.15) is 5.75 Å². The molecule has 3 rings (SSSR count). The van der Waals surface area contributed by atoms with Gasteiger partial charge in [-0.05, 0) is 36.8 Å². The van der Waals surface area contributed by atoms with Crippen LogP contribution in [0.2, 0.25) is 10.0 Å². The lowest BCUT2D eigenvalue weighted by molar-refractivity contribution is -0.118. The number of ether oxygens (including phenoxy) is 2. The van der Waals surface area contributed by atoms with Gasteiger partial charge in [0, 0.05) is 11.6 Å². The Bertz CT molecular complexity index is 842.